The molecule has 0 fully saturated rings. The van der Waals surface area contributed by atoms with E-state index >= 15 is 0 Å². The zero-order valence-corrected chi connectivity index (χ0v) is 7.30. The predicted octanol–water partition coefficient (Wildman–Crippen LogP) is 1.76. The van der Waals surface area contributed by atoms with Gasteiger partial charge in [0, 0.05) is 10.6 Å². The van der Waals surface area contributed by atoms with Gasteiger partial charge in [-0.1, -0.05) is 17.5 Å². The first-order chi connectivity index (χ1) is 6.27. The highest BCUT2D eigenvalue weighted by atomic mass is 35.5. The van der Waals surface area contributed by atoms with E-state index < -0.39 is 0 Å². The van der Waals surface area contributed by atoms with E-state index in [-0.39, 0.29) is 0 Å². The van der Waals surface area contributed by atoms with Gasteiger partial charge in [-0.2, -0.15) is 5.26 Å². The fourth-order valence-electron chi connectivity index (χ4n) is 0.825. The standard InChI is InChI=1S/C10H4ClNO/c11-10-4-3-8(2-1-5-13)9(6-10)7-12/h3-6H. The van der Waals surface area contributed by atoms with E-state index in [1.165, 1.54) is 6.07 Å². The molecule has 1 rings (SSSR count). The van der Waals surface area contributed by atoms with Crippen molar-refractivity contribution in [2.45, 2.75) is 0 Å². The summed E-state index contributed by atoms with van der Waals surface area (Å²) in [4.78, 5) is 9.96. The Labute approximate surface area is 80.7 Å². The molecule has 0 heterocycles. The zero-order chi connectivity index (χ0) is 9.68. The van der Waals surface area contributed by atoms with E-state index in [1.54, 1.807) is 12.1 Å². The summed E-state index contributed by atoms with van der Waals surface area (Å²) in [5, 5.41) is 9.16. The van der Waals surface area contributed by atoms with Crippen LogP contribution in [0.15, 0.2) is 18.2 Å². The second kappa shape index (κ2) is 4.30. The van der Waals surface area contributed by atoms with Crippen molar-refractivity contribution in [2.75, 3.05) is 0 Å². The van der Waals surface area contributed by atoms with Crippen LogP contribution in [0.25, 0.3) is 0 Å². The van der Waals surface area contributed by atoms with Crippen molar-refractivity contribution in [3.05, 3.63) is 34.3 Å². The van der Waals surface area contributed by atoms with Gasteiger partial charge in [0.05, 0.1) is 5.56 Å². The Hall–Kier alpha value is -1.77. The Kier molecular flexibility index (Phi) is 3.09. The molecular weight excluding hydrogens is 186 g/mol. The van der Waals surface area contributed by atoms with E-state index in [4.69, 9.17) is 16.9 Å². The van der Waals surface area contributed by atoms with E-state index in [0.717, 1.165) is 0 Å². The van der Waals surface area contributed by atoms with Gasteiger partial charge < -0.3 is 0 Å². The topological polar surface area (TPSA) is 40.9 Å². The van der Waals surface area contributed by atoms with Crippen molar-refractivity contribution in [2.24, 2.45) is 0 Å². The van der Waals surface area contributed by atoms with Crippen molar-refractivity contribution in [1.29, 1.82) is 5.26 Å². The molecule has 0 radical (unpaired) electrons. The summed E-state index contributed by atoms with van der Waals surface area (Å²) >= 11 is 5.66. The Morgan fingerprint density at radius 2 is 2.15 bits per heavy atom. The van der Waals surface area contributed by atoms with E-state index in [2.05, 4.69) is 11.8 Å². The molecule has 13 heavy (non-hydrogen) atoms. The SMILES string of the molecule is N#Cc1cc(Cl)ccc1C#CC=O. The molecule has 62 valence electrons. The number of benzene rings is 1. The lowest BCUT2D eigenvalue weighted by molar-refractivity contribution is -0.103. The molecule has 3 heteroatoms. The molecule has 0 bridgehead atoms. The molecule has 2 nitrogen and oxygen atoms in total. The summed E-state index contributed by atoms with van der Waals surface area (Å²) in [5.41, 5.74) is 0.890. The average Bonchev–Trinajstić information content (AvgIpc) is 2.16. The molecule has 1 aromatic rings. The van der Waals surface area contributed by atoms with E-state index in [0.29, 0.717) is 22.4 Å². The molecule has 0 saturated heterocycles. The maximum Gasteiger partial charge on any atom is 0.193 e. The van der Waals surface area contributed by atoms with Crippen LogP contribution in [0.5, 0.6) is 0 Å². The fraction of sp³-hybridized carbons (Fsp3) is 0. The molecule has 0 aromatic heterocycles. The van der Waals surface area contributed by atoms with Crippen molar-refractivity contribution in [1.82, 2.24) is 0 Å². The normalized spacial score (nSPS) is 8.00. The van der Waals surface area contributed by atoms with Gasteiger partial charge in [0.1, 0.15) is 6.07 Å². The lowest BCUT2D eigenvalue weighted by Gasteiger charge is -1.94. The quantitative estimate of drug-likeness (QED) is 0.461. The molecular formula is C10H4ClNO. The minimum atomic E-state index is 0.377. The van der Waals surface area contributed by atoms with Gasteiger partial charge >= 0.3 is 0 Å². The summed E-state index contributed by atoms with van der Waals surface area (Å²) in [6.45, 7) is 0. The van der Waals surface area contributed by atoms with Gasteiger partial charge in [0.15, 0.2) is 6.29 Å². The van der Waals surface area contributed by atoms with Crippen LogP contribution in [-0.4, -0.2) is 6.29 Å². The number of nitrogens with zero attached hydrogens (tertiary/aromatic N) is 1. The van der Waals surface area contributed by atoms with Gasteiger partial charge in [0.2, 0.25) is 0 Å². The maximum absolute atomic E-state index is 9.96. The number of nitriles is 1. The van der Waals surface area contributed by atoms with Gasteiger partial charge in [-0.05, 0) is 24.1 Å². The van der Waals surface area contributed by atoms with Crippen LogP contribution in [-0.2, 0) is 4.79 Å². The Bertz CT molecular complexity index is 434. The first-order valence-corrected chi connectivity index (χ1v) is 3.80. The van der Waals surface area contributed by atoms with Crippen LogP contribution in [0, 0.1) is 23.2 Å². The summed E-state index contributed by atoms with van der Waals surface area (Å²) in [6, 6.07) is 6.68. The molecule has 0 amide bonds. The monoisotopic (exact) mass is 189 g/mol. The molecule has 0 spiro atoms. The number of rotatable bonds is 0. The first-order valence-electron chi connectivity index (χ1n) is 3.43. The number of hydrogen-bond acceptors (Lipinski definition) is 2. The molecule has 0 aliphatic rings. The van der Waals surface area contributed by atoms with Crippen LogP contribution in [0.4, 0.5) is 0 Å². The fourth-order valence-corrected chi connectivity index (χ4v) is 0.997. The third-order valence-electron chi connectivity index (χ3n) is 1.37. The van der Waals surface area contributed by atoms with Crippen molar-refractivity contribution >= 4 is 17.9 Å². The predicted molar refractivity (Wildman–Crippen MR) is 49.1 cm³/mol. The summed E-state index contributed by atoms with van der Waals surface area (Å²) < 4.78 is 0. The van der Waals surface area contributed by atoms with Crippen molar-refractivity contribution < 1.29 is 4.79 Å². The van der Waals surface area contributed by atoms with Crippen LogP contribution < -0.4 is 0 Å². The number of hydrogen-bond donors (Lipinski definition) is 0. The lowest BCUT2D eigenvalue weighted by atomic mass is 10.1. The highest BCUT2D eigenvalue weighted by molar-refractivity contribution is 6.30. The van der Waals surface area contributed by atoms with E-state index in [1.807, 2.05) is 6.07 Å². The Balaban J connectivity index is 3.23. The highest BCUT2D eigenvalue weighted by Gasteiger charge is 1.98. The Morgan fingerprint density at radius 1 is 1.38 bits per heavy atom. The van der Waals surface area contributed by atoms with Gasteiger partial charge in [-0.25, -0.2) is 0 Å². The lowest BCUT2D eigenvalue weighted by Crippen LogP contribution is -1.82. The van der Waals surface area contributed by atoms with Crippen LogP contribution in [0.2, 0.25) is 5.02 Å². The maximum atomic E-state index is 9.96. The number of carbonyl (C=O) groups excluding carboxylic acids is 1. The Morgan fingerprint density at radius 3 is 2.77 bits per heavy atom. The number of carbonyl (C=O) groups is 1. The number of halogens is 1. The van der Waals surface area contributed by atoms with Gasteiger partial charge in [-0.15, -0.1) is 0 Å². The average molecular weight is 190 g/mol. The molecule has 0 aliphatic carbocycles. The zero-order valence-electron chi connectivity index (χ0n) is 6.54. The van der Waals surface area contributed by atoms with Crippen molar-refractivity contribution in [3.63, 3.8) is 0 Å². The largest absolute Gasteiger partial charge is 0.289 e. The smallest absolute Gasteiger partial charge is 0.193 e. The van der Waals surface area contributed by atoms with Gasteiger partial charge in [-0.3, -0.25) is 4.79 Å². The van der Waals surface area contributed by atoms with Gasteiger partial charge in [0.25, 0.3) is 0 Å². The second-order valence-electron chi connectivity index (χ2n) is 2.19. The minimum absolute atomic E-state index is 0.377. The van der Waals surface area contributed by atoms with Crippen molar-refractivity contribution in [3.8, 4) is 17.9 Å². The second-order valence-corrected chi connectivity index (χ2v) is 2.63. The summed E-state index contributed by atoms with van der Waals surface area (Å²) in [7, 11) is 0. The third-order valence-corrected chi connectivity index (χ3v) is 1.60. The first kappa shape index (κ1) is 9.32. The molecule has 0 atom stereocenters. The molecule has 0 aliphatic heterocycles. The van der Waals surface area contributed by atoms with E-state index in [9.17, 15) is 4.79 Å². The molecule has 1 aromatic carbocycles. The summed E-state index contributed by atoms with van der Waals surface area (Å²) in [6.07, 6.45) is 0.482. The third kappa shape index (κ3) is 2.33. The minimum Gasteiger partial charge on any atom is -0.289 e. The van der Waals surface area contributed by atoms with Crippen LogP contribution in [0.3, 0.4) is 0 Å². The van der Waals surface area contributed by atoms with Crippen LogP contribution in [0.1, 0.15) is 11.1 Å². The molecule has 0 saturated carbocycles. The molecule has 0 N–H and O–H groups in total. The van der Waals surface area contributed by atoms with Crippen LogP contribution >= 0.6 is 11.6 Å². The molecule has 0 unspecified atom stereocenters. The highest BCUT2D eigenvalue weighted by Crippen LogP contribution is 2.14. The summed E-state index contributed by atoms with van der Waals surface area (Å²) in [5.74, 6) is 4.78. The number of aldehydes is 1.